The average Bonchev–Trinajstić information content (AvgIpc) is 2.86. The lowest BCUT2D eigenvalue weighted by atomic mass is 10.1. The molecule has 0 aliphatic rings. The molecule has 1 amide bonds. The van der Waals surface area contributed by atoms with Crippen LogP contribution in [0.25, 0.3) is 0 Å². The number of nitrogens with one attached hydrogen (secondary N) is 1. The van der Waals surface area contributed by atoms with Gasteiger partial charge in [-0.05, 0) is 31.0 Å². The minimum absolute atomic E-state index is 0.0352. The number of nitrogens with zero attached hydrogens (tertiary/aromatic N) is 1. The summed E-state index contributed by atoms with van der Waals surface area (Å²) in [6.45, 7) is 2.59. The Bertz CT molecular complexity index is 628. The maximum Gasteiger partial charge on any atom is 0.220 e. The van der Waals surface area contributed by atoms with Crippen molar-refractivity contribution in [2.45, 2.75) is 26.2 Å². The van der Waals surface area contributed by atoms with E-state index in [2.05, 4.69) is 10.3 Å². The van der Waals surface area contributed by atoms with E-state index in [1.165, 1.54) is 0 Å². The van der Waals surface area contributed by atoms with Crippen LogP contribution in [-0.2, 0) is 17.6 Å². The molecule has 2 aromatic rings. The Labute approximate surface area is 138 Å². The molecule has 0 bridgehead atoms. The third-order valence-electron chi connectivity index (χ3n) is 2.99. The van der Waals surface area contributed by atoms with Crippen molar-refractivity contribution in [2.24, 2.45) is 0 Å². The Morgan fingerprint density at radius 1 is 1.29 bits per heavy atom. The minimum atomic E-state index is 0.0352. The van der Waals surface area contributed by atoms with E-state index in [9.17, 15) is 4.79 Å². The molecule has 2 rings (SSSR count). The molecule has 1 heterocycles. The van der Waals surface area contributed by atoms with Crippen molar-refractivity contribution in [3.8, 4) is 0 Å². The summed E-state index contributed by atoms with van der Waals surface area (Å²) < 4.78 is 0. The second-order valence-electron chi connectivity index (χ2n) is 4.71. The van der Waals surface area contributed by atoms with E-state index in [0.29, 0.717) is 29.4 Å². The van der Waals surface area contributed by atoms with Crippen molar-refractivity contribution in [1.82, 2.24) is 10.3 Å². The van der Waals surface area contributed by atoms with E-state index in [4.69, 9.17) is 23.2 Å². The van der Waals surface area contributed by atoms with E-state index in [-0.39, 0.29) is 5.91 Å². The van der Waals surface area contributed by atoms with E-state index >= 15 is 0 Å². The number of aryl methyl sites for hydroxylation is 2. The lowest BCUT2D eigenvalue weighted by Crippen LogP contribution is -2.25. The Hall–Kier alpha value is -1.10. The zero-order chi connectivity index (χ0) is 15.2. The standard InChI is InChI=1S/C15H16Cl2N2OS/c1-10-19-12(9-21-10)6-7-18-15(20)5-3-11-2-4-13(16)14(17)8-11/h2,4,8-9H,3,5-7H2,1H3,(H,18,20). The van der Waals surface area contributed by atoms with Crippen LogP contribution in [0, 0.1) is 6.92 Å². The SMILES string of the molecule is Cc1nc(CCNC(=O)CCc2ccc(Cl)c(Cl)c2)cs1. The molecule has 0 saturated heterocycles. The fourth-order valence-electron chi connectivity index (χ4n) is 1.89. The summed E-state index contributed by atoms with van der Waals surface area (Å²) in [7, 11) is 0. The highest BCUT2D eigenvalue weighted by Crippen LogP contribution is 2.23. The predicted molar refractivity (Wildman–Crippen MR) is 88.3 cm³/mol. The first kappa shape index (κ1) is 16.3. The molecule has 0 saturated carbocycles. The first-order valence-corrected chi connectivity index (χ1v) is 8.30. The summed E-state index contributed by atoms with van der Waals surface area (Å²) >= 11 is 13.4. The van der Waals surface area contributed by atoms with Crippen molar-refractivity contribution in [1.29, 1.82) is 0 Å². The largest absolute Gasteiger partial charge is 0.356 e. The van der Waals surface area contributed by atoms with Gasteiger partial charge in [0.25, 0.3) is 0 Å². The molecule has 1 aromatic heterocycles. The normalized spacial score (nSPS) is 10.6. The van der Waals surface area contributed by atoms with E-state index < -0.39 is 0 Å². The highest BCUT2D eigenvalue weighted by Gasteiger charge is 2.05. The lowest BCUT2D eigenvalue weighted by Gasteiger charge is -2.05. The first-order chi connectivity index (χ1) is 10.0. The van der Waals surface area contributed by atoms with Gasteiger partial charge in [-0.15, -0.1) is 11.3 Å². The Kier molecular flexibility index (Phi) is 6.03. The molecule has 0 aliphatic carbocycles. The van der Waals surface area contributed by atoms with Gasteiger partial charge in [0.05, 0.1) is 20.7 Å². The van der Waals surface area contributed by atoms with Gasteiger partial charge in [0, 0.05) is 24.8 Å². The van der Waals surface area contributed by atoms with Crippen LogP contribution in [0.1, 0.15) is 22.7 Å². The van der Waals surface area contributed by atoms with Crippen LogP contribution in [0.2, 0.25) is 10.0 Å². The Morgan fingerprint density at radius 3 is 2.76 bits per heavy atom. The number of thiazole rings is 1. The fraction of sp³-hybridized carbons (Fsp3) is 0.333. The highest BCUT2D eigenvalue weighted by atomic mass is 35.5. The number of rotatable bonds is 6. The van der Waals surface area contributed by atoms with Crippen LogP contribution in [-0.4, -0.2) is 17.4 Å². The van der Waals surface area contributed by atoms with Gasteiger partial charge in [-0.3, -0.25) is 4.79 Å². The summed E-state index contributed by atoms with van der Waals surface area (Å²) in [5.41, 5.74) is 2.04. The average molecular weight is 343 g/mol. The van der Waals surface area contributed by atoms with Crippen LogP contribution < -0.4 is 5.32 Å². The zero-order valence-corrected chi connectivity index (χ0v) is 14.0. The van der Waals surface area contributed by atoms with Gasteiger partial charge in [0.1, 0.15) is 0 Å². The van der Waals surface area contributed by atoms with Gasteiger partial charge in [0.15, 0.2) is 0 Å². The molecule has 3 nitrogen and oxygen atoms in total. The topological polar surface area (TPSA) is 42.0 Å². The molecule has 1 aromatic carbocycles. The maximum atomic E-state index is 11.8. The summed E-state index contributed by atoms with van der Waals surface area (Å²) in [6, 6.07) is 5.44. The first-order valence-electron chi connectivity index (χ1n) is 6.66. The van der Waals surface area contributed by atoms with Gasteiger partial charge >= 0.3 is 0 Å². The quantitative estimate of drug-likeness (QED) is 0.860. The van der Waals surface area contributed by atoms with Crippen molar-refractivity contribution < 1.29 is 4.79 Å². The minimum Gasteiger partial charge on any atom is -0.356 e. The maximum absolute atomic E-state index is 11.8. The van der Waals surface area contributed by atoms with Crippen LogP contribution >= 0.6 is 34.5 Å². The summed E-state index contributed by atoms with van der Waals surface area (Å²) in [5.74, 6) is 0.0352. The molecule has 6 heteroatoms. The molecule has 0 spiro atoms. The predicted octanol–water partition coefficient (Wildman–Crippen LogP) is 4.05. The van der Waals surface area contributed by atoms with Crippen LogP contribution in [0.3, 0.4) is 0 Å². The molecule has 0 unspecified atom stereocenters. The summed E-state index contributed by atoms with van der Waals surface area (Å²) in [4.78, 5) is 16.1. The number of benzene rings is 1. The molecule has 1 N–H and O–H groups in total. The van der Waals surface area contributed by atoms with E-state index in [1.807, 2.05) is 18.4 Å². The number of halogens is 2. The van der Waals surface area contributed by atoms with Crippen molar-refractivity contribution in [3.05, 3.63) is 49.9 Å². The second-order valence-corrected chi connectivity index (χ2v) is 6.58. The molecule has 0 aliphatic heterocycles. The molecular weight excluding hydrogens is 327 g/mol. The number of amides is 1. The number of hydrogen-bond acceptors (Lipinski definition) is 3. The van der Waals surface area contributed by atoms with Crippen molar-refractivity contribution in [3.63, 3.8) is 0 Å². The number of carbonyl (C=O) groups is 1. The number of carbonyl (C=O) groups excluding carboxylic acids is 1. The molecule has 21 heavy (non-hydrogen) atoms. The van der Waals surface area contributed by atoms with Crippen molar-refractivity contribution in [2.75, 3.05) is 6.54 Å². The Morgan fingerprint density at radius 2 is 2.10 bits per heavy atom. The second kappa shape index (κ2) is 7.78. The molecule has 0 atom stereocenters. The van der Waals surface area contributed by atoms with Crippen molar-refractivity contribution >= 4 is 40.4 Å². The van der Waals surface area contributed by atoms with Gasteiger partial charge < -0.3 is 5.32 Å². The zero-order valence-electron chi connectivity index (χ0n) is 11.7. The van der Waals surface area contributed by atoms with E-state index in [1.54, 1.807) is 23.5 Å². The summed E-state index contributed by atoms with van der Waals surface area (Å²) in [6.07, 6.45) is 1.86. The molecule has 0 radical (unpaired) electrons. The van der Waals surface area contributed by atoms with Gasteiger partial charge in [-0.2, -0.15) is 0 Å². The van der Waals surface area contributed by atoms with Crippen LogP contribution in [0.5, 0.6) is 0 Å². The molecule has 112 valence electrons. The third-order valence-corrected chi connectivity index (χ3v) is 4.56. The van der Waals surface area contributed by atoms with Crippen LogP contribution in [0.4, 0.5) is 0 Å². The lowest BCUT2D eigenvalue weighted by molar-refractivity contribution is -0.121. The molecule has 0 fully saturated rings. The number of aromatic nitrogens is 1. The Balaban J connectivity index is 1.70. The monoisotopic (exact) mass is 342 g/mol. The van der Waals surface area contributed by atoms with Crippen LogP contribution in [0.15, 0.2) is 23.6 Å². The van der Waals surface area contributed by atoms with Gasteiger partial charge in [0.2, 0.25) is 5.91 Å². The van der Waals surface area contributed by atoms with Gasteiger partial charge in [-0.25, -0.2) is 4.98 Å². The van der Waals surface area contributed by atoms with E-state index in [0.717, 1.165) is 22.7 Å². The smallest absolute Gasteiger partial charge is 0.220 e. The third kappa shape index (κ3) is 5.30. The fourth-order valence-corrected chi connectivity index (χ4v) is 2.86. The highest BCUT2D eigenvalue weighted by molar-refractivity contribution is 7.09. The summed E-state index contributed by atoms with van der Waals surface area (Å²) in [5, 5.41) is 7.03. The molecular formula is C15H16Cl2N2OS. The number of hydrogen-bond donors (Lipinski definition) is 1. The van der Waals surface area contributed by atoms with Gasteiger partial charge in [-0.1, -0.05) is 29.3 Å².